The molecule has 13 rings (SSSR count). The SMILES string of the molecule is CC(C)[C@@H](C(=O)N1C[C@H](O)C[C@H]1C(=O)NOc1ccc(-c2ccccc2F)cc1)c1onc(OC2CC3(C2)CC(N2CCC(c4cnc(N5C6CCC5CN(c5c[nH]c7nnc(-c8ccccc8O)cc57)C6)nc4)CC2)C3)c1Cl. The Labute approximate surface area is 461 Å². The molecule has 2 saturated carbocycles. The molecule has 7 aromatic rings. The van der Waals surface area contributed by atoms with Crippen LogP contribution in [0.1, 0.15) is 94.8 Å². The molecule has 410 valence electrons. The van der Waals surface area contributed by atoms with Crippen LogP contribution in [-0.4, -0.2) is 131 Å². The van der Waals surface area contributed by atoms with Gasteiger partial charge in [-0.2, -0.15) is 5.48 Å². The van der Waals surface area contributed by atoms with Crippen LogP contribution in [0.4, 0.5) is 16.0 Å². The largest absolute Gasteiger partial charge is 0.507 e. The highest BCUT2D eigenvalue weighted by molar-refractivity contribution is 6.32. The molecule has 6 fully saturated rings. The zero-order valence-corrected chi connectivity index (χ0v) is 44.8. The van der Waals surface area contributed by atoms with Crippen LogP contribution in [0.5, 0.6) is 17.4 Å². The van der Waals surface area contributed by atoms with Crippen molar-refractivity contribution in [3.63, 3.8) is 0 Å². The minimum absolute atomic E-state index is 0.0167. The van der Waals surface area contributed by atoms with Crippen LogP contribution >= 0.6 is 11.6 Å². The smallest absolute Gasteiger partial charge is 0.275 e. The molecule has 4 saturated heterocycles. The number of nitrogens with zero attached hydrogens (tertiary/aromatic N) is 9. The number of aliphatic hydroxyl groups is 1. The molecule has 4 aromatic heterocycles. The van der Waals surface area contributed by atoms with Crippen molar-refractivity contribution >= 4 is 46.1 Å². The first-order valence-corrected chi connectivity index (χ1v) is 28.1. The molecule has 8 heterocycles. The number of aromatic nitrogens is 6. The highest BCUT2D eigenvalue weighted by Gasteiger charge is 2.56. The van der Waals surface area contributed by atoms with Gasteiger partial charge in [0.25, 0.3) is 11.8 Å². The van der Waals surface area contributed by atoms with Crippen molar-refractivity contribution in [2.24, 2.45) is 11.3 Å². The number of ether oxygens (including phenoxy) is 1. The van der Waals surface area contributed by atoms with Crippen LogP contribution in [0.15, 0.2) is 102 Å². The van der Waals surface area contributed by atoms with Crippen molar-refractivity contribution in [1.82, 2.24) is 45.6 Å². The Morgan fingerprint density at radius 2 is 1.59 bits per heavy atom. The Kier molecular flexibility index (Phi) is 13.4. The van der Waals surface area contributed by atoms with Crippen LogP contribution in [0, 0.1) is 17.2 Å². The minimum Gasteiger partial charge on any atom is -0.507 e. The zero-order valence-electron chi connectivity index (χ0n) is 44.0. The first-order chi connectivity index (χ1) is 38.3. The van der Waals surface area contributed by atoms with Gasteiger partial charge in [0, 0.05) is 79.3 Å². The number of β-amino-alcohol motifs (C(OH)–C–C–N with tert-alkyl or cyclic N) is 1. The Bertz CT molecular complexity index is 3360. The molecule has 20 heteroatoms. The molecule has 3 aromatic carbocycles. The number of likely N-dealkylation sites (tertiary alicyclic amines) is 2. The summed E-state index contributed by atoms with van der Waals surface area (Å²) in [6, 6.07) is 22.4. The lowest BCUT2D eigenvalue weighted by Crippen LogP contribution is -2.59. The molecule has 2 aliphatic carbocycles. The van der Waals surface area contributed by atoms with Gasteiger partial charge in [-0.15, -0.1) is 10.2 Å². The van der Waals surface area contributed by atoms with E-state index in [-0.39, 0.29) is 58.6 Å². The van der Waals surface area contributed by atoms with E-state index in [4.69, 9.17) is 35.7 Å². The molecule has 1 spiro atoms. The third kappa shape index (κ3) is 9.66. The third-order valence-electron chi connectivity index (χ3n) is 17.8. The number of phenolic OH excluding ortho intramolecular Hbond substituents is 1. The van der Waals surface area contributed by atoms with E-state index >= 15 is 0 Å². The highest BCUT2D eigenvalue weighted by Crippen LogP contribution is 2.59. The summed E-state index contributed by atoms with van der Waals surface area (Å²) in [4.78, 5) is 55.6. The Morgan fingerprint density at radius 3 is 2.30 bits per heavy atom. The number of anilines is 2. The lowest BCUT2D eigenvalue weighted by molar-refractivity contribution is -0.143. The zero-order chi connectivity index (χ0) is 54.1. The van der Waals surface area contributed by atoms with E-state index in [1.807, 2.05) is 38.2 Å². The fourth-order valence-electron chi connectivity index (χ4n) is 13.7. The van der Waals surface area contributed by atoms with Crippen molar-refractivity contribution < 1.29 is 38.3 Å². The van der Waals surface area contributed by atoms with E-state index in [0.717, 1.165) is 100 Å². The number of halogens is 2. The number of para-hydroxylation sites is 1. The standard InChI is InChI=1S/C59H63ClFN11O7/c1-33(2)51(57(76)71-32-40(73)21-48(71)55(75)67-78-41-15-11-35(12-16-41)43-7-3-5-9-46(43)61)53-52(60)56(68-79-53)77-42-25-59(26-42)23-39(24-59)69-19-17-34(18-20-69)36-27-63-58(64-28-36)72-37-13-14-38(72)31-70(30-37)49-29-62-54-45(49)22-47(65-66-54)44-8-4-6-10-50(44)74/h3-12,15-16,22,27-29,33-34,37-40,42,48,51,73-74H,13-14,17-21,23-26,30-32H2,1-2H3,(H,62,66)(H,67,75)/t37?,38?,39?,40-,42?,48+,51-,59?/m1/s1. The number of aliphatic hydroxyl groups excluding tert-OH is 1. The number of benzene rings is 3. The van der Waals surface area contributed by atoms with Gasteiger partial charge >= 0.3 is 0 Å². The van der Waals surface area contributed by atoms with Crippen LogP contribution < -0.4 is 24.9 Å². The Hall–Kier alpha value is -7.35. The molecular formula is C59H63ClFN11O7. The van der Waals surface area contributed by atoms with Gasteiger partial charge in [-0.3, -0.25) is 9.59 Å². The van der Waals surface area contributed by atoms with Crippen molar-refractivity contribution in [3.8, 4) is 39.8 Å². The maximum absolute atomic E-state index is 14.3. The molecule has 18 nitrogen and oxygen atoms in total. The van der Waals surface area contributed by atoms with Crippen molar-refractivity contribution in [3.05, 3.63) is 120 Å². The normalized spacial score (nSPS) is 25.4. The topological polar surface area (TPSA) is 211 Å². The molecule has 5 atom stereocenters. The third-order valence-corrected chi connectivity index (χ3v) is 18.1. The number of carbonyl (C=O) groups is 2. The number of hydrogen-bond donors (Lipinski definition) is 4. The van der Waals surface area contributed by atoms with Crippen LogP contribution in [0.3, 0.4) is 0 Å². The van der Waals surface area contributed by atoms with Crippen molar-refractivity contribution in [1.29, 1.82) is 0 Å². The molecule has 79 heavy (non-hydrogen) atoms. The number of hydrogen-bond acceptors (Lipinski definition) is 15. The van der Waals surface area contributed by atoms with E-state index in [9.17, 15) is 24.2 Å². The van der Waals surface area contributed by atoms with Gasteiger partial charge in [0.2, 0.25) is 11.9 Å². The van der Waals surface area contributed by atoms with E-state index in [1.54, 1.807) is 54.6 Å². The lowest BCUT2D eigenvalue weighted by atomic mass is 9.52. The second kappa shape index (κ2) is 20.7. The van der Waals surface area contributed by atoms with Gasteiger partial charge in [0.1, 0.15) is 34.7 Å². The van der Waals surface area contributed by atoms with Crippen LogP contribution in [0.25, 0.3) is 33.4 Å². The summed E-state index contributed by atoms with van der Waals surface area (Å²) in [5, 5.41) is 35.3. The average Bonchev–Trinajstić information content (AvgIpc) is 4.37. The van der Waals surface area contributed by atoms with Crippen LogP contribution in [0.2, 0.25) is 5.02 Å². The van der Waals surface area contributed by atoms with Gasteiger partial charge in [0.05, 0.1) is 17.5 Å². The fourth-order valence-corrected chi connectivity index (χ4v) is 13.9. The van der Waals surface area contributed by atoms with Crippen molar-refractivity contribution in [2.45, 2.75) is 120 Å². The van der Waals surface area contributed by atoms with E-state index in [2.05, 4.69) is 52.9 Å². The van der Waals surface area contributed by atoms with Gasteiger partial charge < -0.3 is 48.9 Å². The highest BCUT2D eigenvalue weighted by atomic mass is 35.5. The number of amides is 2. The summed E-state index contributed by atoms with van der Waals surface area (Å²) in [5.74, 6) is -0.528. The number of piperazine rings is 1. The maximum atomic E-state index is 14.3. The number of hydroxylamine groups is 1. The van der Waals surface area contributed by atoms with Gasteiger partial charge in [-0.05, 0) is 134 Å². The quantitative estimate of drug-likeness (QED) is 0.0750. The first kappa shape index (κ1) is 51.1. The Morgan fingerprint density at radius 1 is 0.886 bits per heavy atom. The molecule has 2 unspecified atom stereocenters. The average molecular weight is 1090 g/mol. The number of rotatable bonds is 14. The second-order valence-electron chi connectivity index (χ2n) is 23.1. The summed E-state index contributed by atoms with van der Waals surface area (Å²) in [6.45, 7) is 7.47. The van der Waals surface area contributed by atoms with Gasteiger partial charge in [0.15, 0.2) is 17.2 Å². The first-order valence-electron chi connectivity index (χ1n) is 27.7. The monoisotopic (exact) mass is 1090 g/mol. The summed E-state index contributed by atoms with van der Waals surface area (Å²) in [5.41, 5.74) is 8.09. The number of H-pyrrole nitrogens is 1. The summed E-state index contributed by atoms with van der Waals surface area (Å²) >= 11 is 6.91. The maximum Gasteiger partial charge on any atom is 0.275 e. The predicted octanol–water partition coefficient (Wildman–Crippen LogP) is 8.81. The van der Waals surface area contributed by atoms with Gasteiger partial charge in [-0.25, -0.2) is 14.4 Å². The number of nitrogens with one attached hydrogen (secondary N) is 2. The van der Waals surface area contributed by atoms with Crippen molar-refractivity contribution in [2.75, 3.05) is 42.5 Å². The lowest BCUT2D eigenvalue weighted by Gasteiger charge is -2.60. The number of aromatic hydroxyl groups is 1. The molecule has 2 bridgehead atoms. The molecule has 2 amide bonds. The molecule has 0 radical (unpaired) electrons. The fraction of sp³-hybridized carbons (Fsp3) is 0.441. The minimum atomic E-state index is -1.02. The Balaban J connectivity index is 0.567. The summed E-state index contributed by atoms with van der Waals surface area (Å²) < 4.78 is 26.4. The molecular weight excluding hydrogens is 1030 g/mol. The molecule has 6 aliphatic rings. The number of carbonyl (C=O) groups excluding carboxylic acids is 2. The summed E-state index contributed by atoms with van der Waals surface area (Å²) in [7, 11) is 0. The van der Waals surface area contributed by atoms with Gasteiger partial charge in [-0.1, -0.05) is 67.9 Å². The van der Waals surface area contributed by atoms with E-state index in [0.29, 0.717) is 52.2 Å². The number of piperidine rings is 1. The number of aromatic amines is 1. The van der Waals surface area contributed by atoms with Crippen LogP contribution in [-0.2, 0) is 9.59 Å². The predicted molar refractivity (Wildman–Crippen MR) is 293 cm³/mol. The second-order valence-corrected chi connectivity index (χ2v) is 23.5. The molecule has 4 aliphatic heterocycles. The number of fused-ring (bicyclic) bond motifs is 3. The number of phenols is 1. The van der Waals surface area contributed by atoms with E-state index in [1.165, 1.54) is 16.5 Å². The summed E-state index contributed by atoms with van der Waals surface area (Å²) in [6.07, 6.45) is 13.5. The van der Waals surface area contributed by atoms with E-state index < -0.39 is 29.9 Å². The molecule has 4 N–H and O–H groups in total.